The molecule has 1 atom stereocenters. The highest BCUT2D eigenvalue weighted by atomic mass is 35.5. The van der Waals surface area contributed by atoms with E-state index in [1.165, 1.54) is 6.42 Å². The van der Waals surface area contributed by atoms with E-state index in [0.29, 0.717) is 6.04 Å². The summed E-state index contributed by atoms with van der Waals surface area (Å²) in [5.41, 5.74) is 8.14. The largest absolute Gasteiger partial charge is 0.327 e. The van der Waals surface area contributed by atoms with E-state index in [2.05, 4.69) is 10.3 Å². The van der Waals surface area contributed by atoms with Gasteiger partial charge in [0.05, 0.1) is 10.7 Å². The summed E-state index contributed by atoms with van der Waals surface area (Å²) in [5, 5.41) is 3.87. The second-order valence-electron chi connectivity index (χ2n) is 5.26. The van der Waals surface area contributed by atoms with Crippen molar-refractivity contribution in [1.29, 1.82) is 0 Å². The predicted octanol–water partition coefficient (Wildman–Crippen LogP) is 3.39. The number of likely N-dealkylation sites (tertiary alicyclic amines) is 1. The molecule has 3 rings (SSSR count). The Bertz CT molecular complexity index is 584. The van der Waals surface area contributed by atoms with E-state index in [-0.39, 0.29) is 0 Å². The summed E-state index contributed by atoms with van der Waals surface area (Å²) in [6.45, 7) is 2.97. The van der Waals surface area contributed by atoms with Gasteiger partial charge in [-0.2, -0.15) is 0 Å². The maximum atomic E-state index is 6.22. The molecule has 2 aromatic rings. The SMILES string of the molecule is NC1CCCN(Cc2csc(-c3ccccc3Cl)n2)C1. The van der Waals surface area contributed by atoms with Crippen molar-refractivity contribution in [2.24, 2.45) is 5.73 Å². The highest BCUT2D eigenvalue weighted by molar-refractivity contribution is 7.13. The molecule has 20 heavy (non-hydrogen) atoms. The number of piperidine rings is 1. The molecule has 1 aliphatic heterocycles. The smallest absolute Gasteiger partial charge is 0.125 e. The van der Waals surface area contributed by atoms with Crippen molar-refractivity contribution in [2.75, 3.05) is 13.1 Å². The summed E-state index contributed by atoms with van der Waals surface area (Å²) in [6.07, 6.45) is 2.32. The second-order valence-corrected chi connectivity index (χ2v) is 6.53. The Hall–Kier alpha value is -0.940. The molecule has 5 heteroatoms. The lowest BCUT2D eigenvalue weighted by molar-refractivity contribution is 0.200. The molecule has 1 saturated heterocycles. The van der Waals surface area contributed by atoms with Gasteiger partial charge in [-0.15, -0.1) is 11.3 Å². The highest BCUT2D eigenvalue weighted by Gasteiger charge is 2.18. The highest BCUT2D eigenvalue weighted by Crippen LogP contribution is 2.30. The zero-order valence-corrected chi connectivity index (χ0v) is 12.8. The molecule has 0 bridgehead atoms. The average Bonchev–Trinajstić information content (AvgIpc) is 2.87. The molecule has 2 heterocycles. The van der Waals surface area contributed by atoms with Gasteiger partial charge in [-0.3, -0.25) is 4.90 Å². The minimum atomic E-state index is 0.311. The molecule has 0 saturated carbocycles. The molecular formula is C15H18ClN3S. The third kappa shape index (κ3) is 3.20. The lowest BCUT2D eigenvalue weighted by atomic mass is 10.1. The van der Waals surface area contributed by atoms with Crippen LogP contribution in [0.4, 0.5) is 0 Å². The quantitative estimate of drug-likeness (QED) is 0.945. The molecule has 1 aliphatic rings. The summed E-state index contributed by atoms with van der Waals surface area (Å²) >= 11 is 7.87. The molecule has 2 N–H and O–H groups in total. The van der Waals surface area contributed by atoms with Crippen LogP contribution < -0.4 is 5.73 Å². The van der Waals surface area contributed by atoms with Gasteiger partial charge in [-0.25, -0.2) is 4.98 Å². The Morgan fingerprint density at radius 2 is 2.25 bits per heavy atom. The lowest BCUT2D eigenvalue weighted by Crippen LogP contribution is -2.42. The van der Waals surface area contributed by atoms with Crippen LogP contribution in [-0.4, -0.2) is 29.0 Å². The zero-order valence-electron chi connectivity index (χ0n) is 11.3. The van der Waals surface area contributed by atoms with Gasteiger partial charge < -0.3 is 5.73 Å². The van der Waals surface area contributed by atoms with E-state index >= 15 is 0 Å². The topological polar surface area (TPSA) is 42.1 Å². The molecule has 1 fully saturated rings. The minimum absolute atomic E-state index is 0.311. The van der Waals surface area contributed by atoms with E-state index in [0.717, 1.165) is 47.3 Å². The van der Waals surface area contributed by atoms with E-state index in [4.69, 9.17) is 22.3 Å². The van der Waals surface area contributed by atoms with Crippen molar-refractivity contribution in [3.05, 3.63) is 40.4 Å². The lowest BCUT2D eigenvalue weighted by Gasteiger charge is -2.29. The van der Waals surface area contributed by atoms with Crippen LogP contribution in [0.3, 0.4) is 0 Å². The van der Waals surface area contributed by atoms with Gasteiger partial charge >= 0.3 is 0 Å². The van der Waals surface area contributed by atoms with Crippen molar-refractivity contribution < 1.29 is 0 Å². The molecule has 0 aliphatic carbocycles. The minimum Gasteiger partial charge on any atom is -0.327 e. The second kappa shape index (κ2) is 6.22. The van der Waals surface area contributed by atoms with Crippen molar-refractivity contribution in [1.82, 2.24) is 9.88 Å². The molecule has 1 unspecified atom stereocenters. The summed E-state index contributed by atoms with van der Waals surface area (Å²) in [7, 11) is 0. The van der Waals surface area contributed by atoms with Gasteiger partial charge in [0.25, 0.3) is 0 Å². The third-order valence-corrected chi connectivity index (χ3v) is 4.84. The Morgan fingerprint density at radius 1 is 1.40 bits per heavy atom. The fourth-order valence-corrected chi connectivity index (χ4v) is 3.73. The first-order valence-corrected chi connectivity index (χ1v) is 8.15. The Balaban J connectivity index is 1.72. The van der Waals surface area contributed by atoms with Crippen LogP contribution in [0, 0.1) is 0 Å². The number of nitrogens with two attached hydrogens (primary N) is 1. The monoisotopic (exact) mass is 307 g/mol. The van der Waals surface area contributed by atoms with E-state index in [1.54, 1.807) is 11.3 Å². The Kier molecular flexibility index (Phi) is 4.36. The van der Waals surface area contributed by atoms with E-state index in [9.17, 15) is 0 Å². The number of hydrogen-bond acceptors (Lipinski definition) is 4. The first-order chi connectivity index (χ1) is 9.72. The number of thiazole rings is 1. The number of benzene rings is 1. The van der Waals surface area contributed by atoms with Crippen LogP contribution in [0.2, 0.25) is 5.02 Å². The van der Waals surface area contributed by atoms with Gasteiger partial charge in [-0.1, -0.05) is 29.8 Å². The maximum absolute atomic E-state index is 6.22. The van der Waals surface area contributed by atoms with Crippen LogP contribution >= 0.6 is 22.9 Å². The number of halogens is 1. The van der Waals surface area contributed by atoms with Gasteiger partial charge in [0.2, 0.25) is 0 Å². The molecule has 106 valence electrons. The Morgan fingerprint density at radius 3 is 3.05 bits per heavy atom. The fourth-order valence-electron chi connectivity index (χ4n) is 2.60. The number of aromatic nitrogens is 1. The van der Waals surface area contributed by atoms with Crippen LogP contribution in [0.5, 0.6) is 0 Å². The van der Waals surface area contributed by atoms with Gasteiger partial charge in [0.15, 0.2) is 0 Å². The summed E-state index contributed by atoms with van der Waals surface area (Å²) in [5.74, 6) is 0. The van der Waals surface area contributed by atoms with Crippen molar-refractivity contribution in [2.45, 2.75) is 25.4 Å². The number of rotatable bonds is 3. The molecule has 1 aromatic carbocycles. The third-order valence-electron chi connectivity index (χ3n) is 3.58. The molecule has 0 amide bonds. The summed E-state index contributed by atoms with van der Waals surface area (Å²) < 4.78 is 0. The van der Waals surface area contributed by atoms with Gasteiger partial charge in [-0.05, 0) is 25.5 Å². The zero-order chi connectivity index (χ0) is 13.9. The summed E-state index contributed by atoms with van der Waals surface area (Å²) in [6, 6.07) is 8.16. The average molecular weight is 308 g/mol. The molecule has 0 spiro atoms. The van der Waals surface area contributed by atoms with Crippen LogP contribution in [0.15, 0.2) is 29.6 Å². The first kappa shape index (κ1) is 14.0. The molecule has 3 nitrogen and oxygen atoms in total. The maximum Gasteiger partial charge on any atom is 0.125 e. The fraction of sp³-hybridized carbons (Fsp3) is 0.400. The normalized spacial score (nSPS) is 20.2. The van der Waals surface area contributed by atoms with Crippen molar-refractivity contribution in [3.8, 4) is 10.6 Å². The van der Waals surface area contributed by atoms with Gasteiger partial charge in [0.1, 0.15) is 5.01 Å². The van der Waals surface area contributed by atoms with E-state index in [1.807, 2.05) is 24.3 Å². The summed E-state index contributed by atoms with van der Waals surface area (Å²) in [4.78, 5) is 7.10. The Labute approximate surface area is 128 Å². The standard InChI is InChI=1S/C15H18ClN3S/c16-14-6-2-1-5-13(14)15-18-12(10-20-15)9-19-7-3-4-11(17)8-19/h1-2,5-6,10-11H,3-4,7-9,17H2. The number of nitrogens with zero attached hydrogens (tertiary/aromatic N) is 2. The molecule has 1 aromatic heterocycles. The van der Waals surface area contributed by atoms with Crippen LogP contribution in [0.1, 0.15) is 18.5 Å². The van der Waals surface area contributed by atoms with E-state index < -0.39 is 0 Å². The van der Waals surface area contributed by atoms with Crippen molar-refractivity contribution >= 4 is 22.9 Å². The van der Waals surface area contributed by atoms with Crippen LogP contribution in [-0.2, 0) is 6.54 Å². The van der Waals surface area contributed by atoms with Gasteiger partial charge in [0, 0.05) is 30.1 Å². The van der Waals surface area contributed by atoms with Crippen LogP contribution in [0.25, 0.3) is 10.6 Å². The molecular weight excluding hydrogens is 290 g/mol. The molecule has 0 radical (unpaired) electrons. The predicted molar refractivity (Wildman–Crippen MR) is 85.0 cm³/mol. The number of hydrogen-bond donors (Lipinski definition) is 1. The van der Waals surface area contributed by atoms with Crippen molar-refractivity contribution in [3.63, 3.8) is 0 Å². The first-order valence-electron chi connectivity index (χ1n) is 6.89.